The van der Waals surface area contributed by atoms with Gasteiger partial charge in [-0.05, 0) is 13.0 Å². The maximum atomic E-state index is 11.6. The van der Waals surface area contributed by atoms with Gasteiger partial charge in [-0.25, -0.2) is 0 Å². The van der Waals surface area contributed by atoms with E-state index in [2.05, 4.69) is 17.3 Å². The number of nitrogens with zero attached hydrogens (tertiary/aromatic N) is 2. The second-order valence-corrected chi connectivity index (χ2v) is 3.52. The van der Waals surface area contributed by atoms with E-state index in [0.717, 1.165) is 31.6 Å². The Kier molecular flexibility index (Phi) is 5.04. The highest BCUT2D eigenvalue weighted by atomic mass is 16.1. The van der Waals surface area contributed by atoms with Crippen LogP contribution in [0.5, 0.6) is 0 Å². The van der Waals surface area contributed by atoms with Crippen LogP contribution in [-0.2, 0) is 6.54 Å². The zero-order valence-electron chi connectivity index (χ0n) is 9.49. The standard InChI is InChI=1S/C11H19N3O/c1-3-7-14-9-10(8-13-14)11(15)5-6-12-4-2/h8-9,12H,3-7H2,1-2H3. The summed E-state index contributed by atoms with van der Waals surface area (Å²) < 4.78 is 1.82. The molecule has 0 amide bonds. The van der Waals surface area contributed by atoms with Crippen LogP contribution in [0.2, 0.25) is 0 Å². The summed E-state index contributed by atoms with van der Waals surface area (Å²) in [5.74, 6) is 0.165. The molecule has 0 aromatic carbocycles. The normalized spacial score (nSPS) is 10.5. The van der Waals surface area contributed by atoms with Crippen LogP contribution in [0.4, 0.5) is 0 Å². The van der Waals surface area contributed by atoms with Gasteiger partial charge in [0.05, 0.1) is 11.8 Å². The fourth-order valence-corrected chi connectivity index (χ4v) is 1.38. The van der Waals surface area contributed by atoms with Crippen molar-refractivity contribution in [3.05, 3.63) is 18.0 Å². The van der Waals surface area contributed by atoms with Crippen molar-refractivity contribution in [2.75, 3.05) is 13.1 Å². The SMILES string of the molecule is CCCn1cc(C(=O)CCNCC)cn1. The molecule has 0 aliphatic rings. The van der Waals surface area contributed by atoms with E-state index in [9.17, 15) is 4.79 Å². The Morgan fingerprint density at radius 2 is 2.33 bits per heavy atom. The van der Waals surface area contributed by atoms with Gasteiger partial charge in [0, 0.05) is 25.7 Å². The van der Waals surface area contributed by atoms with Crippen LogP contribution in [-0.4, -0.2) is 28.7 Å². The van der Waals surface area contributed by atoms with Gasteiger partial charge in [0.15, 0.2) is 5.78 Å². The molecule has 0 aliphatic carbocycles. The van der Waals surface area contributed by atoms with E-state index in [1.165, 1.54) is 0 Å². The Labute approximate surface area is 90.7 Å². The molecule has 1 N–H and O–H groups in total. The highest BCUT2D eigenvalue weighted by Crippen LogP contribution is 2.02. The zero-order valence-corrected chi connectivity index (χ0v) is 9.49. The predicted molar refractivity (Wildman–Crippen MR) is 60.0 cm³/mol. The number of hydrogen-bond donors (Lipinski definition) is 1. The summed E-state index contributed by atoms with van der Waals surface area (Å²) in [5, 5.41) is 7.26. The minimum absolute atomic E-state index is 0.165. The molecule has 4 nitrogen and oxygen atoms in total. The van der Waals surface area contributed by atoms with E-state index >= 15 is 0 Å². The molecular formula is C11H19N3O. The van der Waals surface area contributed by atoms with Crippen molar-refractivity contribution in [1.29, 1.82) is 0 Å². The Balaban J connectivity index is 2.43. The van der Waals surface area contributed by atoms with E-state index in [1.54, 1.807) is 6.20 Å². The van der Waals surface area contributed by atoms with Gasteiger partial charge in [0.1, 0.15) is 0 Å². The number of carbonyl (C=O) groups is 1. The minimum Gasteiger partial charge on any atom is -0.317 e. The maximum absolute atomic E-state index is 11.6. The van der Waals surface area contributed by atoms with E-state index in [0.29, 0.717) is 6.42 Å². The quantitative estimate of drug-likeness (QED) is 0.546. The molecule has 0 bridgehead atoms. The number of aryl methyl sites for hydroxylation is 1. The summed E-state index contributed by atoms with van der Waals surface area (Å²) in [4.78, 5) is 11.6. The predicted octanol–water partition coefficient (Wildman–Crippen LogP) is 1.48. The number of ketones is 1. The third-order valence-corrected chi connectivity index (χ3v) is 2.19. The number of carbonyl (C=O) groups excluding carboxylic acids is 1. The Morgan fingerprint density at radius 3 is 3.00 bits per heavy atom. The number of Topliss-reactive ketones (excluding diaryl/α,β-unsaturated/α-hetero) is 1. The molecule has 1 aromatic heterocycles. The third-order valence-electron chi connectivity index (χ3n) is 2.19. The lowest BCUT2D eigenvalue weighted by molar-refractivity contribution is 0.0982. The molecule has 4 heteroatoms. The molecule has 15 heavy (non-hydrogen) atoms. The molecule has 0 saturated carbocycles. The summed E-state index contributed by atoms with van der Waals surface area (Å²) in [6.07, 6.45) is 5.07. The summed E-state index contributed by atoms with van der Waals surface area (Å²) in [6.45, 7) is 6.65. The van der Waals surface area contributed by atoms with Gasteiger partial charge >= 0.3 is 0 Å². The molecular weight excluding hydrogens is 190 g/mol. The summed E-state index contributed by atoms with van der Waals surface area (Å²) in [5.41, 5.74) is 0.723. The van der Waals surface area contributed by atoms with E-state index in [-0.39, 0.29) is 5.78 Å². The maximum Gasteiger partial charge on any atom is 0.167 e. The van der Waals surface area contributed by atoms with Crippen LogP contribution in [0.25, 0.3) is 0 Å². The zero-order chi connectivity index (χ0) is 11.1. The van der Waals surface area contributed by atoms with Crippen LogP contribution >= 0.6 is 0 Å². The Bertz CT molecular complexity index is 307. The van der Waals surface area contributed by atoms with Crippen LogP contribution in [0.15, 0.2) is 12.4 Å². The smallest absolute Gasteiger partial charge is 0.167 e. The largest absolute Gasteiger partial charge is 0.317 e. The second kappa shape index (κ2) is 6.35. The van der Waals surface area contributed by atoms with Crippen molar-refractivity contribution >= 4 is 5.78 Å². The van der Waals surface area contributed by atoms with Crippen molar-refractivity contribution in [3.63, 3.8) is 0 Å². The van der Waals surface area contributed by atoms with Crippen molar-refractivity contribution in [2.24, 2.45) is 0 Å². The fraction of sp³-hybridized carbons (Fsp3) is 0.636. The molecule has 1 aromatic rings. The lowest BCUT2D eigenvalue weighted by Gasteiger charge is -1.99. The first-order valence-electron chi connectivity index (χ1n) is 5.54. The number of aromatic nitrogens is 2. The molecule has 1 heterocycles. The highest BCUT2D eigenvalue weighted by molar-refractivity contribution is 5.95. The summed E-state index contributed by atoms with van der Waals surface area (Å²) in [7, 11) is 0. The van der Waals surface area contributed by atoms with E-state index < -0.39 is 0 Å². The van der Waals surface area contributed by atoms with Crippen molar-refractivity contribution < 1.29 is 4.79 Å². The number of rotatable bonds is 7. The van der Waals surface area contributed by atoms with Crippen molar-refractivity contribution in [1.82, 2.24) is 15.1 Å². The van der Waals surface area contributed by atoms with Gasteiger partial charge in [0.2, 0.25) is 0 Å². The lowest BCUT2D eigenvalue weighted by Crippen LogP contribution is -2.17. The van der Waals surface area contributed by atoms with Gasteiger partial charge < -0.3 is 5.32 Å². The van der Waals surface area contributed by atoms with Crippen LogP contribution in [0.1, 0.15) is 37.0 Å². The molecule has 0 fully saturated rings. The van der Waals surface area contributed by atoms with Gasteiger partial charge in [-0.1, -0.05) is 13.8 Å². The Morgan fingerprint density at radius 1 is 1.53 bits per heavy atom. The minimum atomic E-state index is 0.165. The molecule has 0 aliphatic heterocycles. The topological polar surface area (TPSA) is 46.9 Å². The molecule has 0 radical (unpaired) electrons. The molecule has 0 saturated heterocycles. The van der Waals surface area contributed by atoms with Gasteiger partial charge in [-0.15, -0.1) is 0 Å². The fourth-order valence-electron chi connectivity index (χ4n) is 1.38. The van der Waals surface area contributed by atoms with Crippen LogP contribution in [0.3, 0.4) is 0 Å². The van der Waals surface area contributed by atoms with Gasteiger partial charge in [-0.3, -0.25) is 9.48 Å². The van der Waals surface area contributed by atoms with Crippen LogP contribution < -0.4 is 5.32 Å². The third kappa shape index (κ3) is 3.83. The molecule has 0 unspecified atom stereocenters. The first kappa shape index (κ1) is 11.9. The van der Waals surface area contributed by atoms with Crippen molar-refractivity contribution in [3.8, 4) is 0 Å². The number of nitrogens with one attached hydrogen (secondary N) is 1. The van der Waals surface area contributed by atoms with Gasteiger partial charge in [0.25, 0.3) is 0 Å². The van der Waals surface area contributed by atoms with Crippen LogP contribution in [0, 0.1) is 0 Å². The molecule has 0 spiro atoms. The molecule has 1 rings (SSSR count). The monoisotopic (exact) mass is 209 g/mol. The Hall–Kier alpha value is -1.16. The first-order valence-corrected chi connectivity index (χ1v) is 5.54. The highest BCUT2D eigenvalue weighted by Gasteiger charge is 2.07. The lowest BCUT2D eigenvalue weighted by atomic mass is 10.2. The van der Waals surface area contributed by atoms with Crippen molar-refractivity contribution in [2.45, 2.75) is 33.2 Å². The summed E-state index contributed by atoms with van der Waals surface area (Å²) >= 11 is 0. The van der Waals surface area contributed by atoms with Gasteiger partial charge in [-0.2, -0.15) is 5.10 Å². The second-order valence-electron chi connectivity index (χ2n) is 3.52. The number of hydrogen-bond acceptors (Lipinski definition) is 3. The summed E-state index contributed by atoms with van der Waals surface area (Å²) in [6, 6.07) is 0. The molecule has 84 valence electrons. The first-order chi connectivity index (χ1) is 7.27. The van der Waals surface area contributed by atoms with E-state index in [4.69, 9.17) is 0 Å². The molecule has 0 atom stereocenters. The van der Waals surface area contributed by atoms with E-state index in [1.807, 2.05) is 17.8 Å². The average molecular weight is 209 g/mol. The average Bonchev–Trinajstić information content (AvgIpc) is 2.67.